The molecular weight excluding hydrogens is 428 g/mol. The van der Waals surface area contributed by atoms with E-state index in [0.717, 1.165) is 34.3 Å². The summed E-state index contributed by atoms with van der Waals surface area (Å²) in [5.74, 6) is 0.741. The molecule has 5 nitrogen and oxygen atoms in total. The van der Waals surface area contributed by atoms with Crippen LogP contribution >= 0.6 is 38.9 Å². The average Bonchev–Trinajstić information content (AvgIpc) is 3.25. The van der Waals surface area contributed by atoms with Crippen LogP contribution in [-0.2, 0) is 16.8 Å². The van der Waals surface area contributed by atoms with Crippen molar-refractivity contribution >= 4 is 45.0 Å². The number of halogens is 2. The number of carbonyl (C=O) groups is 1. The number of amides is 1. The van der Waals surface area contributed by atoms with Crippen molar-refractivity contribution in [2.45, 2.75) is 31.8 Å². The molecule has 0 saturated heterocycles. The van der Waals surface area contributed by atoms with Crippen molar-refractivity contribution in [3.05, 3.63) is 43.8 Å². The van der Waals surface area contributed by atoms with Crippen molar-refractivity contribution in [1.29, 1.82) is 0 Å². The zero-order chi connectivity index (χ0) is 17.9. The third-order valence-electron chi connectivity index (χ3n) is 4.07. The van der Waals surface area contributed by atoms with Crippen molar-refractivity contribution in [2.24, 2.45) is 0 Å². The van der Waals surface area contributed by atoms with Crippen LogP contribution in [0.15, 0.2) is 27.5 Å². The molecule has 0 aliphatic carbocycles. The van der Waals surface area contributed by atoms with E-state index >= 15 is 0 Å². The van der Waals surface area contributed by atoms with Crippen LogP contribution in [0.5, 0.6) is 5.75 Å². The summed E-state index contributed by atoms with van der Waals surface area (Å²) < 4.78 is 12.2. The summed E-state index contributed by atoms with van der Waals surface area (Å²) >= 11 is 11.2. The minimum Gasteiger partial charge on any atom is -0.478 e. The molecule has 3 rings (SSSR count). The van der Waals surface area contributed by atoms with Crippen LogP contribution in [0.4, 0.5) is 4.79 Å². The molecule has 1 atom stereocenters. The van der Waals surface area contributed by atoms with E-state index in [1.54, 1.807) is 11.6 Å². The van der Waals surface area contributed by atoms with Gasteiger partial charge in [0, 0.05) is 21.8 Å². The second-order valence-corrected chi connectivity index (χ2v) is 7.75. The molecule has 1 N–H and O–H groups in total. The van der Waals surface area contributed by atoms with Crippen LogP contribution in [0.1, 0.15) is 31.0 Å². The normalized spacial score (nSPS) is 18.5. The van der Waals surface area contributed by atoms with Crippen molar-refractivity contribution in [2.75, 3.05) is 13.2 Å². The number of nitrogens with one attached hydrogen (secondary N) is 1. The summed E-state index contributed by atoms with van der Waals surface area (Å²) in [5, 5.41) is 5.38. The minimum atomic E-state index is -0.765. The monoisotopic (exact) mass is 444 g/mol. The molecule has 2 aromatic rings. The highest BCUT2D eigenvalue weighted by Crippen LogP contribution is 2.46. The van der Waals surface area contributed by atoms with E-state index in [-0.39, 0.29) is 6.54 Å². The summed E-state index contributed by atoms with van der Waals surface area (Å²) in [6.45, 7) is 2.72. The summed E-state index contributed by atoms with van der Waals surface area (Å²) in [6, 6.07) is 3.63. The van der Waals surface area contributed by atoms with E-state index in [1.807, 2.05) is 18.4 Å². The minimum absolute atomic E-state index is 0.264. The Labute approximate surface area is 163 Å². The van der Waals surface area contributed by atoms with Gasteiger partial charge in [0.05, 0.1) is 29.4 Å². The number of hydrogen-bond acceptors (Lipinski definition) is 5. The van der Waals surface area contributed by atoms with Crippen LogP contribution in [-0.4, -0.2) is 24.2 Å². The number of ether oxygens (including phenoxy) is 2. The van der Waals surface area contributed by atoms with E-state index in [9.17, 15) is 4.79 Å². The predicted octanol–water partition coefficient (Wildman–Crippen LogP) is 4.92. The van der Waals surface area contributed by atoms with E-state index in [2.05, 4.69) is 26.2 Å². The fourth-order valence-corrected chi connectivity index (χ4v) is 4.00. The molecule has 1 amide bonds. The lowest BCUT2D eigenvalue weighted by molar-refractivity contribution is 0.0803. The Hall–Kier alpha value is -1.31. The number of benzene rings is 1. The lowest BCUT2D eigenvalue weighted by Gasteiger charge is -2.27. The van der Waals surface area contributed by atoms with Crippen molar-refractivity contribution in [3.63, 3.8) is 0 Å². The first-order chi connectivity index (χ1) is 12.1. The van der Waals surface area contributed by atoms with Gasteiger partial charge < -0.3 is 14.8 Å². The quantitative estimate of drug-likeness (QED) is 0.641. The largest absolute Gasteiger partial charge is 0.478 e. The molecule has 2 heterocycles. The highest BCUT2D eigenvalue weighted by molar-refractivity contribution is 9.10. The molecule has 0 radical (unpaired) electrons. The van der Waals surface area contributed by atoms with Gasteiger partial charge in [-0.2, -0.15) is 0 Å². The molecule has 1 aliphatic rings. The maximum Gasteiger partial charge on any atom is 0.407 e. The zero-order valence-electron chi connectivity index (χ0n) is 13.7. The lowest BCUT2D eigenvalue weighted by atomic mass is 9.94. The smallest absolute Gasteiger partial charge is 0.407 e. The Kier molecular flexibility index (Phi) is 5.86. The van der Waals surface area contributed by atoms with Crippen molar-refractivity contribution < 1.29 is 14.3 Å². The number of hydrogen-bond donors (Lipinski definition) is 1. The number of fused-ring (bicyclic) bond motifs is 1. The van der Waals surface area contributed by atoms with Crippen LogP contribution < -0.4 is 10.1 Å². The van der Waals surface area contributed by atoms with E-state index in [0.29, 0.717) is 18.1 Å². The number of rotatable bonds is 6. The molecule has 134 valence electrons. The molecule has 1 aliphatic heterocycles. The molecule has 0 saturated carbocycles. The van der Waals surface area contributed by atoms with Crippen LogP contribution in [0.3, 0.4) is 0 Å². The molecule has 8 heteroatoms. The predicted molar refractivity (Wildman–Crippen MR) is 102 cm³/mol. The van der Waals surface area contributed by atoms with E-state index < -0.39 is 11.7 Å². The summed E-state index contributed by atoms with van der Waals surface area (Å²) in [4.78, 5) is 16.4. The van der Waals surface area contributed by atoms with E-state index in [4.69, 9.17) is 21.1 Å². The fraction of sp³-hybridized carbons (Fsp3) is 0.412. The molecule has 1 aromatic heterocycles. The highest BCUT2D eigenvalue weighted by Gasteiger charge is 2.44. The van der Waals surface area contributed by atoms with Gasteiger partial charge in [0.25, 0.3) is 0 Å². The van der Waals surface area contributed by atoms with Gasteiger partial charge in [0.1, 0.15) is 5.75 Å². The zero-order valence-corrected chi connectivity index (χ0v) is 16.8. The number of thiazole rings is 1. The van der Waals surface area contributed by atoms with Gasteiger partial charge in [-0.05, 0) is 34.5 Å². The Morgan fingerprint density at radius 3 is 3.12 bits per heavy atom. The Morgan fingerprint density at radius 1 is 1.56 bits per heavy atom. The Balaban J connectivity index is 1.78. The number of unbranched alkanes of at least 4 members (excludes halogenated alkanes) is 1. The maximum absolute atomic E-state index is 11.9. The molecular formula is C17H18BrClN2O3S. The standard InChI is InChI=1S/C17H18BrClN2O3S/c1-2-3-6-23-16(22)20-9-17(14-8-25-10-21-14)7-11-13(24-17)5-4-12(19)15(11)18/h4-5,8,10H,2-3,6-7,9H2,1H3,(H,20,22). The van der Waals surface area contributed by atoms with Gasteiger partial charge in [-0.3, -0.25) is 0 Å². The van der Waals surface area contributed by atoms with Gasteiger partial charge >= 0.3 is 6.09 Å². The first-order valence-corrected chi connectivity index (χ1v) is 10.1. The first kappa shape index (κ1) is 18.5. The third kappa shape index (κ3) is 3.93. The molecule has 25 heavy (non-hydrogen) atoms. The fourth-order valence-electron chi connectivity index (χ4n) is 2.71. The number of aromatic nitrogens is 1. The van der Waals surface area contributed by atoms with Crippen LogP contribution in [0, 0.1) is 0 Å². The Morgan fingerprint density at radius 2 is 2.40 bits per heavy atom. The van der Waals surface area contributed by atoms with Crippen LogP contribution in [0.25, 0.3) is 0 Å². The second-order valence-electron chi connectivity index (χ2n) is 5.83. The van der Waals surface area contributed by atoms with Gasteiger partial charge in [-0.1, -0.05) is 24.9 Å². The second kappa shape index (κ2) is 7.93. The highest BCUT2D eigenvalue weighted by atomic mass is 79.9. The van der Waals surface area contributed by atoms with Gasteiger partial charge in [-0.15, -0.1) is 11.3 Å². The van der Waals surface area contributed by atoms with Crippen LogP contribution in [0.2, 0.25) is 5.02 Å². The maximum atomic E-state index is 11.9. The van der Waals surface area contributed by atoms with Gasteiger partial charge in [0.15, 0.2) is 5.60 Å². The number of carbonyl (C=O) groups excluding carboxylic acids is 1. The SMILES string of the molecule is CCCCOC(=O)NCC1(c2cscn2)Cc2c(ccc(Cl)c2Br)O1. The molecule has 0 bridgehead atoms. The molecule has 1 unspecified atom stereocenters. The molecule has 0 fully saturated rings. The van der Waals surface area contributed by atoms with E-state index in [1.165, 1.54) is 11.3 Å². The summed E-state index contributed by atoms with van der Waals surface area (Å²) in [6.07, 6.45) is 1.93. The molecule has 0 spiro atoms. The van der Waals surface area contributed by atoms with Crippen molar-refractivity contribution in [3.8, 4) is 5.75 Å². The van der Waals surface area contributed by atoms with Gasteiger partial charge in [0.2, 0.25) is 0 Å². The van der Waals surface area contributed by atoms with Crippen molar-refractivity contribution in [1.82, 2.24) is 10.3 Å². The third-order valence-corrected chi connectivity index (χ3v) is 6.10. The topological polar surface area (TPSA) is 60.5 Å². The first-order valence-electron chi connectivity index (χ1n) is 8.01. The van der Waals surface area contributed by atoms with Gasteiger partial charge in [-0.25, -0.2) is 9.78 Å². The summed E-state index contributed by atoms with van der Waals surface area (Å²) in [5.41, 5.74) is 2.75. The molecule has 1 aromatic carbocycles. The lowest BCUT2D eigenvalue weighted by Crippen LogP contribution is -2.44. The number of alkyl carbamates (subject to hydrolysis) is 1. The number of nitrogens with zero attached hydrogens (tertiary/aromatic N) is 1. The summed E-state index contributed by atoms with van der Waals surface area (Å²) in [7, 11) is 0. The average molecular weight is 446 g/mol. The Bertz CT molecular complexity index is 757.